The fourth-order valence-electron chi connectivity index (χ4n) is 3.92. The molecule has 1 aliphatic rings. The summed E-state index contributed by atoms with van der Waals surface area (Å²) in [5.74, 6) is 0.429. The fraction of sp³-hybridized carbons (Fsp3) is 0.304. The van der Waals surface area contributed by atoms with Crippen molar-refractivity contribution in [3.8, 4) is 0 Å². The number of ether oxygens (including phenoxy) is 1. The molecule has 0 amide bonds. The minimum atomic E-state index is -0.0723. The third kappa shape index (κ3) is 3.84. The summed E-state index contributed by atoms with van der Waals surface area (Å²) in [6.07, 6.45) is 0. The normalized spacial score (nSPS) is 15.1. The van der Waals surface area contributed by atoms with Crippen molar-refractivity contribution in [2.45, 2.75) is 6.54 Å². The van der Waals surface area contributed by atoms with E-state index in [1.54, 1.807) is 11.3 Å². The Morgan fingerprint density at radius 3 is 2.63 bits per heavy atom. The third-order valence-corrected chi connectivity index (χ3v) is 6.54. The average molecular weight is 421 g/mol. The predicted molar refractivity (Wildman–Crippen MR) is 123 cm³/mol. The summed E-state index contributed by atoms with van der Waals surface area (Å²) < 4.78 is 8.42. The molecule has 2 aromatic heterocycles. The van der Waals surface area contributed by atoms with Crippen LogP contribution in [0.4, 0.5) is 5.82 Å². The topological polar surface area (TPSA) is 59.4 Å². The summed E-state index contributed by atoms with van der Waals surface area (Å²) in [6, 6.07) is 18.3. The van der Waals surface area contributed by atoms with Gasteiger partial charge in [0, 0.05) is 36.3 Å². The highest BCUT2D eigenvalue weighted by atomic mass is 32.1. The van der Waals surface area contributed by atoms with Gasteiger partial charge in [0.1, 0.15) is 4.83 Å². The average Bonchev–Trinajstić information content (AvgIpc) is 3.16. The lowest BCUT2D eigenvalue weighted by Gasteiger charge is -2.26. The smallest absolute Gasteiger partial charge is 0.294 e. The lowest BCUT2D eigenvalue weighted by molar-refractivity contribution is 0.0398. The summed E-state index contributed by atoms with van der Waals surface area (Å²) in [4.78, 5) is 21.4. The third-order valence-electron chi connectivity index (χ3n) is 5.49. The van der Waals surface area contributed by atoms with Gasteiger partial charge in [-0.05, 0) is 11.6 Å². The van der Waals surface area contributed by atoms with Crippen molar-refractivity contribution in [3.05, 3.63) is 70.5 Å². The first-order valence-electron chi connectivity index (χ1n) is 10.3. The number of hydrogen-bond acceptors (Lipinski definition) is 6. The van der Waals surface area contributed by atoms with Crippen LogP contribution in [0.15, 0.2) is 59.4 Å². The number of morpholine rings is 1. The Hall–Kier alpha value is -2.74. The first-order valence-corrected chi connectivity index (χ1v) is 11.1. The van der Waals surface area contributed by atoms with Crippen molar-refractivity contribution < 1.29 is 4.74 Å². The molecule has 1 N–H and O–H groups in total. The van der Waals surface area contributed by atoms with Crippen LogP contribution in [0.2, 0.25) is 0 Å². The van der Waals surface area contributed by atoms with Crippen LogP contribution in [-0.4, -0.2) is 53.8 Å². The standard InChI is InChI=1S/C23H24N4O2S/c28-23-21(24-10-11-26-12-14-29-15-13-26)25-22-20(18-8-4-5-9-19(18)30-22)27(23)16-17-6-2-1-3-7-17/h1-9H,10-16H2,(H,24,25). The van der Waals surface area contributed by atoms with Crippen LogP contribution in [0.5, 0.6) is 0 Å². The van der Waals surface area contributed by atoms with Crippen molar-refractivity contribution in [1.82, 2.24) is 14.5 Å². The first kappa shape index (κ1) is 19.2. The van der Waals surface area contributed by atoms with Gasteiger partial charge in [-0.3, -0.25) is 14.3 Å². The molecular weight excluding hydrogens is 396 g/mol. The van der Waals surface area contributed by atoms with Gasteiger partial charge in [0.25, 0.3) is 5.56 Å². The minimum Gasteiger partial charge on any atom is -0.379 e. The summed E-state index contributed by atoms with van der Waals surface area (Å²) in [5.41, 5.74) is 1.95. The second kappa shape index (κ2) is 8.55. The molecule has 0 saturated carbocycles. The van der Waals surface area contributed by atoms with E-state index < -0.39 is 0 Å². The molecule has 30 heavy (non-hydrogen) atoms. The van der Waals surface area contributed by atoms with Gasteiger partial charge in [0.05, 0.1) is 25.3 Å². The van der Waals surface area contributed by atoms with Gasteiger partial charge in [-0.25, -0.2) is 4.98 Å². The summed E-state index contributed by atoms with van der Waals surface area (Å²) in [6.45, 7) is 5.49. The Kier molecular flexibility index (Phi) is 5.48. The number of rotatable bonds is 6. The number of hydrogen-bond donors (Lipinski definition) is 1. The number of nitrogens with one attached hydrogen (secondary N) is 1. The maximum atomic E-state index is 13.4. The Morgan fingerprint density at radius 1 is 1.03 bits per heavy atom. The lowest BCUT2D eigenvalue weighted by Crippen LogP contribution is -2.39. The van der Waals surface area contributed by atoms with Crippen molar-refractivity contribution >= 4 is 37.6 Å². The molecule has 4 aromatic rings. The largest absolute Gasteiger partial charge is 0.379 e. The molecule has 7 heteroatoms. The lowest BCUT2D eigenvalue weighted by atomic mass is 10.2. The maximum absolute atomic E-state index is 13.4. The highest BCUT2D eigenvalue weighted by Crippen LogP contribution is 2.32. The molecule has 1 fully saturated rings. The molecule has 3 heterocycles. The fourth-order valence-corrected chi connectivity index (χ4v) is 5.01. The van der Waals surface area contributed by atoms with Crippen LogP contribution < -0.4 is 10.9 Å². The van der Waals surface area contributed by atoms with Gasteiger partial charge < -0.3 is 10.1 Å². The quantitative estimate of drug-likeness (QED) is 0.518. The molecule has 1 saturated heterocycles. The van der Waals surface area contributed by atoms with E-state index in [9.17, 15) is 4.79 Å². The van der Waals surface area contributed by atoms with Gasteiger partial charge in [-0.15, -0.1) is 11.3 Å². The van der Waals surface area contributed by atoms with E-state index in [0.29, 0.717) is 18.9 Å². The van der Waals surface area contributed by atoms with E-state index in [2.05, 4.69) is 34.5 Å². The first-order chi connectivity index (χ1) is 14.8. The minimum absolute atomic E-state index is 0.0723. The molecule has 2 aromatic carbocycles. The van der Waals surface area contributed by atoms with Crippen molar-refractivity contribution in [2.75, 3.05) is 44.7 Å². The zero-order valence-corrected chi connectivity index (χ0v) is 17.5. The molecule has 0 atom stereocenters. The second-order valence-electron chi connectivity index (χ2n) is 7.47. The number of fused-ring (bicyclic) bond motifs is 3. The van der Waals surface area contributed by atoms with Gasteiger partial charge in [0.15, 0.2) is 5.82 Å². The highest BCUT2D eigenvalue weighted by molar-refractivity contribution is 7.25. The van der Waals surface area contributed by atoms with Crippen LogP contribution in [-0.2, 0) is 11.3 Å². The molecule has 0 spiro atoms. The summed E-state index contributed by atoms with van der Waals surface area (Å²) in [7, 11) is 0. The van der Waals surface area contributed by atoms with Crippen LogP contribution in [0.1, 0.15) is 5.56 Å². The van der Waals surface area contributed by atoms with E-state index in [-0.39, 0.29) is 5.56 Å². The van der Waals surface area contributed by atoms with Crippen molar-refractivity contribution in [2.24, 2.45) is 0 Å². The van der Waals surface area contributed by atoms with Gasteiger partial charge in [0.2, 0.25) is 0 Å². The predicted octanol–water partition coefficient (Wildman–Crippen LogP) is 3.40. The number of nitrogens with zero attached hydrogens (tertiary/aromatic N) is 3. The van der Waals surface area contributed by atoms with E-state index in [4.69, 9.17) is 9.72 Å². The molecule has 0 bridgehead atoms. The van der Waals surface area contributed by atoms with E-state index in [0.717, 1.165) is 58.8 Å². The monoisotopic (exact) mass is 420 g/mol. The van der Waals surface area contributed by atoms with Crippen LogP contribution in [0.25, 0.3) is 20.4 Å². The Balaban J connectivity index is 1.52. The van der Waals surface area contributed by atoms with E-state index in [1.807, 2.05) is 34.9 Å². The van der Waals surface area contributed by atoms with E-state index in [1.165, 1.54) is 0 Å². The Morgan fingerprint density at radius 2 is 1.80 bits per heavy atom. The SMILES string of the molecule is O=c1c(NCCN2CCOCC2)nc2sc3ccccc3c2n1Cc1ccccc1. The molecule has 0 radical (unpaired) electrons. The van der Waals surface area contributed by atoms with Crippen LogP contribution in [0.3, 0.4) is 0 Å². The van der Waals surface area contributed by atoms with E-state index >= 15 is 0 Å². The molecule has 1 aliphatic heterocycles. The summed E-state index contributed by atoms with van der Waals surface area (Å²) >= 11 is 1.63. The second-order valence-corrected chi connectivity index (χ2v) is 8.50. The van der Waals surface area contributed by atoms with Gasteiger partial charge in [-0.1, -0.05) is 48.5 Å². The zero-order valence-electron chi connectivity index (χ0n) is 16.7. The van der Waals surface area contributed by atoms with Gasteiger partial charge in [-0.2, -0.15) is 0 Å². The van der Waals surface area contributed by atoms with Crippen molar-refractivity contribution in [1.29, 1.82) is 0 Å². The highest BCUT2D eigenvalue weighted by Gasteiger charge is 2.17. The molecule has 5 rings (SSSR count). The number of benzene rings is 2. The summed E-state index contributed by atoms with van der Waals surface area (Å²) in [5, 5.41) is 4.38. The Bertz CT molecular complexity index is 1210. The molecular formula is C23H24N4O2S. The zero-order chi connectivity index (χ0) is 20.3. The number of anilines is 1. The van der Waals surface area contributed by atoms with Gasteiger partial charge >= 0.3 is 0 Å². The molecule has 6 nitrogen and oxygen atoms in total. The number of thiophene rings is 1. The molecule has 0 unspecified atom stereocenters. The van der Waals surface area contributed by atoms with Crippen LogP contribution in [0, 0.1) is 0 Å². The number of aromatic nitrogens is 2. The molecule has 0 aliphatic carbocycles. The maximum Gasteiger partial charge on any atom is 0.294 e. The van der Waals surface area contributed by atoms with Crippen molar-refractivity contribution in [3.63, 3.8) is 0 Å². The Labute approximate surface area is 178 Å². The molecule has 154 valence electrons. The van der Waals surface area contributed by atoms with Crippen LogP contribution >= 0.6 is 11.3 Å².